The van der Waals surface area contributed by atoms with Crippen LogP contribution in [0.1, 0.15) is 130 Å². The van der Waals surface area contributed by atoms with Crippen LogP contribution < -0.4 is 24.2 Å². The Morgan fingerprint density at radius 2 is 1.02 bits per heavy atom. The van der Waals surface area contributed by atoms with E-state index in [1.165, 1.54) is 99.1 Å². The van der Waals surface area contributed by atoms with Crippen LogP contribution in [-0.2, 0) is 92.7 Å². The number of H-pyrrole nitrogens is 4. The van der Waals surface area contributed by atoms with Crippen molar-refractivity contribution in [3.8, 4) is 0 Å². The van der Waals surface area contributed by atoms with Crippen molar-refractivity contribution in [2.45, 2.75) is 224 Å². The number of hydrogen-bond donors (Lipinski definition) is 7. The minimum atomic E-state index is -4.18. The Morgan fingerprint density at radius 1 is 0.549 bits per heavy atom. The zero-order valence-electron chi connectivity index (χ0n) is 72.0. The molecule has 18 rings (SSSR count). The third kappa shape index (κ3) is 35.0. The van der Waals surface area contributed by atoms with Gasteiger partial charge in [-0.3, -0.25) is 9.11 Å². The van der Waals surface area contributed by atoms with E-state index < -0.39 is 36.8 Å². The minimum absolute atomic E-state index is 0. The molecule has 0 aromatic carbocycles. The van der Waals surface area contributed by atoms with E-state index in [1.54, 1.807) is 37.4 Å². The summed E-state index contributed by atoms with van der Waals surface area (Å²) in [7, 11) is -10.5. The van der Waals surface area contributed by atoms with Gasteiger partial charge in [-0.1, -0.05) is 97.8 Å². The molecule has 0 amide bonds. The molecule has 672 valence electrons. The summed E-state index contributed by atoms with van der Waals surface area (Å²) in [6, 6.07) is 14.3. The molecule has 3 atom stereocenters. The summed E-state index contributed by atoms with van der Waals surface area (Å²) < 4.78 is 92.3. The average Bonchev–Trinajstić information content (AvgIpc) is 1.63. The maximum Gasteiger partial charge on any atom is 1.00 e. The van der Waals surface area contributed by atoms with Crippen LogP contribution in [0.4, 0.5) is 0 Å². The van der Waals surface area contributed by atoms with Gasteiger partial charge in [0.2, 0.25) is 0 Å². The molecular weight excluding hydrogens is 1770 g/mol. The molecule has 34 nitrogen and oxygen atoms in total. The summed E-state index contributed by atoms with van der Waals surface area (Å²) in [6.07, 6.45) is 40.2. The quantitative estimate of drug-likeness (QED) is 0.0182. The average molecular weight is 1890 g/mol. The maximum atomic E-state index is 11.6. The summed E-state index contributed by atoms with van der Waals surface area (Å²) >= 11 is 5.73. The molecule has 0 aliphatic carbocycles. The number of rotatable bonds is 18. The Hall–Kier alpha value is -6.59. The Labute approximate surface area is 756 Å². The fourth-order valence-corrected chi connectivity index (χ4v) is 18.0. The van der Waals surface area contributed by atoms with Crippen LogP contribution in [-0.4, -0.2) is 239 Å². The molecule has 6 aliphatic rings. The molecular formula is C80H125Cl2LiN22O12PdS2Si2. The maximum absolute atomic E-state index is 11.6. The van der Waals surface area contributed by atoms with E-state index in [-0.39, 0.29) is 87.2 Å². The van der Waals surface area contributed by atoms with E-state index in [0.29, 0.717) is 57.2 Å². The first-order valence-electron chi connectivity index (χ1n) is 40.4. The molecule has 0 radical (unpaired) electrons. The molecule has 11 N–H and O–H groups in total. The first-order chi connectivity index (χ1) is 55.9. The van der Waals surface area contributed by atoms with Gasteiger partial charge in [0.15, 0.2) is 0 Å². The predicted octanol–water partition coefficient (Wildman–Crippen LogP) is 10.6. The number of ether oxygens (including phenoxy) is 4. The fraction of sp³-hybridized carbons (Fsp3) is 0.550. The van der Waals surface area contributed by atoms with Crippen molar-refractivity contribution in [3.05, 3.63) is 151 Å². The number of halogens is 2. The zero-order chi connectivity index (χ0) is 83.5. The molecule has 12 aromatic heterocycles. The van der Waals surface area contributed by atoms with Crippen molar-refractivity contribution in [1.29, 1.82) is 0 Å². The summed E-state index contributed by atoms with van der Waals surface area (Å²) in [6.45, 7) is 31.3. The SMILES string of the molecule is C1CCOC1.C1CCOC1.CC1(C)CCCC(C)(C)[N-]1.C[Si](C)(C)CCOCn1c(C[C@H]2CCCN2S(=O)(=O)O)cc2cncnc21.C[Si](C)(C)CCOCn1ccc2cncnc21.Cl.Clc1ncnc2[nH]ccc12.O.O.O=S(=O)(O)N1CCC[C@@H]1Cc1cc2cncnc2[nH]1.[HH].[Li+].[Pd].c1ncc2cc(CC3CCCN3)[nH]c2n1.c1ncc2cc[nH]c2n1. The monoisotopic (exact) mass is 1890 g/mol. The van der Waals surface area contributed by atoms with Crippen LogP contribution in [0, 0.1) is 0 Å². The first kappa shape index (κ1) is 106. The molecule has 0 bridgehead atoms. The summed E-state index contributed by atoms with van der Waals surface area (Å²) in [4.78, 5) is 60.9. The van der Waals surface area contributed by atoms with Gasteiger partial charge in [0.05, 0.1) is 5.39 Å². The Balaban J connectivity index is 0.000000300. The third-order valence-electron chi connectivity index (χ3n) is 20.3. The first-order valence-corrected chi connectivity index (χ1v) is 51.0. The second-order valence-corrected chi connectivity index (χ2v) is 47.8. The van der Waals surface area contributed by atoms with Crippen molar-refractivity contribution < 1.29 is 96.6 Å². The van der Waals surface area contributed by atoms with Gasteiger partial charge in [0.25, 0.3) is 0 Å². The van der Waals surface area contributed by atoms with Crippen molar-refractivity contribution in [2.75, 3.05) is 59.3 Å². The predicted molar refractivity (Wildman–Crippen MR) is 481 cm³/mol. The van der Waals surface area contributed by atoms with E-state index in [4.69, 9.17) is 35.9 Å². The van der Waals surface area contributed by atoms with Gasteiger partial charge in [-0.2, -0.15) is 25.4 Å². The van der Waals surface area contributed by atoms with Gasteiger partial charge in [0, 0.05) is 222 Å². The van der Waals surface area contributed by atoms with Crippen LogP contribution in [0.2, 0.25) is 56.5 Å². The summed E-state index contributed by atoms with van der Waals surface area (Å²) in [5.41, 5.74) is 8.64. The second kappa shape index (κ2) is 51.3. The molecule has 6 saturated heterocycles. The molecule has 0 saturated carbocycles. The van der Waals surface area contributed by atoms with Crippen LogP contribution in [0.15, 0.2) is 124 Å². The smallest absolute Gasteiger partial charge is 0.652 e. The number of hydrogen-bond acceptors (Lipinski definition) is 21. The standard InChI is InChI=1S/C17H28N4O4SSi.C12H19N3OSi.C11H14N4O3S.C11H14N4.C9H18N.C6H4ClN3.C6H5N3.2C4H8O.ClH.Li.2H2O.Pd.H2/c1-27(2,3)8-7-25-13-20-16(9-14-11-18-12-19-17(14)20)10-15-5-4-6-21(15)26(22,23)24;1-17(2,3)7-6-16-10-15-5-4-11-8-13-9-14-12(11)15;16-19(17,18)15-3-1-2-10(15)5-9-4-8-6-12-7-13-11(8)14-9;1-2-9(13-3-1)5-10-4-8-6-12-7-14-11(8)15-10;1-8(2)6-5-7-9(3,4)10-8;7-5-4-1-2-8-6(4)10-3-9-5;1-2-8-6-5(1)3-7-4-9-6;2*1-2-4-5-3-1;;;;;;/h9,11-12,15H,4-8,10,13H2,1-3H3,(H,22,23,24);4-5,8-9H,6-7,10H2,1-3H3;4,6-7,10H,1-3,5H2,(H,12,13,14)(H,16,17,18);4,6-7,9,13H,1-3,5H2,(H,12,14,15);5-7H2,1-4H3;1-3H,(H,8,9,10);1-4H,(H,7,8,9);2*1-4H2;1H;;2*1H2;;1H/q;;;;-1;;;;;;+1;;;;/t15-;;10-;;;;;;;;;;;;/m1.1............/s1. The molecule has 18 heterocycles. The van der Waals surface area contributed by atoms with Gasteiger partial charge >= 0.3 is 39.5 Å². The number of fused-ring (bicyclic) bond motifs is 6. The van der Waals surface area contributed by atoms with E-state index >= 15 is 0 Å². The Kier molecular flexibility index (Phi) is 44.5. The number of piperidine rings is 1. The number of nitrogens with zero attached hydrogens (tertiary/aromatic N) is 17. The topological polar surface area (TPSA) is 469 Å². The van der Waals surface area contributed by atoms with Crippen LogP contribution in [0.3, 0.4) is 0 Å². The zero-order valence-corrected chi connectivity index (χ0v) is 78.7. The van der Waals surface area contributed by atoms with Crippen molar-refractivity contribution in [1.82, 2.24) is 103 Å². The molecule has 6 aliphatic heterocycles. The van der Waals surface area contributed by atoms with Gasteiger partial charge in [-0.25, -0.2) is 59.8 Å². The summed E-state index contributed by atoms with van der Waals surface area (Å²) in [5, 5.41) is 14.6. The van der Waals surface area contributed by atoms with E-state index in [2.05, 4.69) is 158 Å². The van der Waals surface area contributed by atoms with Gasteiger partial charge in [0.1, 0.15) is 90.5 Å². The molecule has 0 spiro atoms. The van der Waals surface area contributed by atoms with E-state index in [1.807, 2.05) is 64.3 Å². The largest absolute Gasteiger partial charge is 1.00 e. The summed E-state index contributed by atoms with van der Waals surface area (Å²) in [5.74, 6) is 0. The minimum Gasteiger partial charge on any atom is -0.652 e. The normalized spacial score (nSPS) is 17.9. The fourth-order valence-electron chi connectivity index (χ4n) is 14.4. The number of aromatic nitrogens is 18. The van der Waals surface area contributed by atoms with E-state index in [9.17, 15) is 25.9 Å². The van der Waals surface area contributed by atoms with E-state index in [0.717, 1.165) is 160 Å². The van der Waals surface area contributed by atoms with Gasteiger partial charge < -0.3 is 69.6 Å². The molecule has 122 heavy (non-hydrogen) atoms. The van der Waals surface area contributed by atoms with Crippen LogP contribution in [0.25, 0.3) is 71.5 Å². The third-order valence-corrected chi connectivity index (χ3v) is 26.2. The van der Waals surface area contributed by atoms with Crippen molar-refractivity contribution in [2.24, 2.45) is 0 Å². The molecule has 1 unspecified atom stereocenters. The van der Waals surface area contributed by atoms with Crippen molar-refractivity contribution >= 4 is 127 Å². The molecule has 12 aromatic rings. The van der Waals surface area contributed by atoms with Crippen LogP contribution >= 0.6 is 24.0 Å². The van der Waals surface area contributed by atoms with Gasteiger partial charge in [-0.15, -0.1) is 23.5 Å². The van der Waals surface area contributed by atoms with Gasteiger partial charge in [-0.05, 0) is 119 Å². The number of aromatic amines is 4. The Morgan fingerprint density at radius 3 is 1.51 bits per heavy atom. The Bertz CT molecular complexity index is 5110. The second-order valence-electron chi connectivity index (χ2n) is 33.5. The van der Waals surface area contributed by atoms with Crippen molar-refractivity contribution in [3.63, 3.8) is 0 Å². The van der Waals surface area contributed by atoms with Crippen LogP contribution in [0.5, 0.6) is 0 Å². The number of nitrogens with one attached hydrogen (secondary N) is 5. The molecule has 42 heteroatoms. The molecule has 6 fully saturated rings.